The lowest BCUT2D eigenvalue weighted by atomic mass is 10.1. The molecule has 3 rings (SSSR count). The molecule has 1 saturated heterocycles. The minimum Gasteiger partial charge on any atom is -0.377 e. The van der Waals surface area contributed by atoms with Crippen molar-refractivity contribution in [2.45, 2.75) is 25.9 Å². The number of rotatable bonds is 5. The summed E-state index contributed by atoms with van der Waals surface area (Å²) in [5.41, 5.74) is 6.24. The van der Waals surface area contributed by atoms with E-state index in [1.165, 1.54) is 6.07 Å². The number of benzene rings is 1. The highest BCUT2D eigenvalue weighted by Crippen LogP contribution is 2.30. The van der Waals surface area contributed by atoms with E-state index in [-0.39, 0.29) is 22.8 Å². The molecule has 0 radical (unpaired) electrons. The second-order valence-corrected chi connectivity index (χ2v) is 7.31. The lowest BCUT2D eigenvalue weighted by Crippen LogP contribution is -2.53. The summed E-state index contributed by atoms with van der Waals surface area (Å²) in [4.78, 5) is 22.2. The number of nitrogen functional groups attached to an aromatic ring is 1. The van der Waals surface area contributed by atoms with Crippen molar-refractivity contribution >= 4 is 40.7 Å². The summed E-state index contributed by atoms with van der Waals surface area (Å²) in [5, 5.41) is 11.2. The number of nitrogens with zero attached hydrogens (tertiary/aromatic N) is 5. The molecule has 1 aliphatic heterocycles. The van der Waals surface area contributed by atoms with Crippen molar-refractivity contribution < 1.29 is 9.31 Å². The average Bonchev–Trinajstić information content (AvgIpc) is 2.65. The monoisotopic (exact) mass is 428 g/mol. The van der Waals surface area contributed by atoms with Gasteiger partial charge in [0.15, 0.2) is 5.82 Å². The van der Waals surface area contributed by atoms with Crippen LogP contribution in [0.25, 0.3) is 0 Å². The molecule has 1 aliphatic rings. The van der Waals surface area contributed by atoms with Gasteiger partial charge in [-0.15, -0.1) is 0 Å². The Balaban J connectivity index is 1.77. The number of piperazine rings is 1. The van der Waals surface area contributed by atoms with Crippen LogP contribution in [-0.2, 0) is 6.54 Å². The molecular weight excluding hydrogens is 410 g/mol. The minimum atomic E-state index is -0.717. The van der Waals surface area contributed by atoms with Gasteiger partial charge in [-0.1, -0.05) is 24.6 Å². The fraction of sp³-hybridized carbons (Fsp3) is 0.412. The molecule has 0 saturated carbocycles. The smallest absolute Gasteiger partial charge is 0.377 e. The van der Waals surface area contributed by atoms with Gasteiger partial charge in [0.1, 0.15) is 5.82 Å². The van der Waals surface area contributed by atoms with Gasteiger partial charge in [-0.05, 0) is 40.1 Å². The van der Waals surface area contributed by atoms with Gasteiger partial charge in [-0.2, -0.15) is 0 Å². The second-order valence-electron chi connectivity index (χ2n) is 6.52. The standard InChI is InChI=1S/C17H19Cl2FN6O2/c1-2-12-9-25(16-14(19)22-17(26(27)28)15(21)23-16)6-5-24(12)8-10-3-4-11(18)7-13(10)20/h3-4,7,12H,2,5-6,8-9H2,1H3,(H2,21,23). The molecule has 1 atom stereocenters. The molecule has 0 aliphatic carbocycles. The highest BCUT2D eigenvalue weighted by molar-refractivity contribution is 6.32. The van der Waals surface area contributed by atoms with Gasteiger partial charge >= 0.3 is 5.82 Å². The quantitative estimate of drug-likeness (QED) is 0.573. The maximum Gasteiger partial charge on any atom is 0.408 e. The molecule has 2 heterocycles. The zero-order valence-electron chi connectivity index (χ0n) is 15.1. The highest BCUT2D eigenvalue weighted by atomic mass is 35.5. The Morgan fingerprint density at radius 3 is 2.75 bits per heavy atom. The minimum absolute atomic E-state index is 0.0621. The van der Waals surface area contributed by atoms with Crippen molar-refractivity contribution in [3.05, 3.63) is 49.9 Å². The lowest BCUT2D eigenvalue weighted by molar-refractivity contribution is -0.388. The van der Waals surface area contributed by atoms with Crippen LogP contribution in [0.1, 0.15) is 18.9 Å². The number of nitro groups is 1. The van der Waals surface area contributed by atoms with E-state index in [0.29, 0.717) is 42.6 Å². The number of halogens is 3. The third-order valence-corrected chi connectivity index (χ3v) is 5.27. The predicted octanol–water partition coefficient (Wildman–Crippen LogP) is 3.51. The van der Waals surface area contributed by atoms with Gasteiger partial charge in [0.05, 0.1) is 0 Å². The van der Waals surface area contributed by atoms with Gasteiger partial charge in [0, 0.05) is 42.8 Å². The number of anilines is 2. The highest BCUT2D eigenvalue weighted by Gasteiger charge is 2.31. The maximum atomic E-state index is 14.2. The van der Waals surface area contributed by atoms with Crippen LogP contribution in [0.3, 0.4) is 0 Å². The molecule has 0 bridgehead atoms. The second kappa shape index (κ2) is 8.42. The molecular formula is C17H19Cl2FN6O2. The first-order chi connectivity index (χ1) is 13.3. The van der Waals surface area contributed by atoms with Crippen molar-refractivity contribution in [3.8, 4) is 0 Å². The number of aromatic nitrogens is 2. The van der Waals surface area contributed by atoms with E-state index in [9.17, 15) is 14.5 Å². The van der Waals surface area contributed by atoms with E-state index in [1.807, 2.05) is 11.8 Å². The van der Waals surface area contributed by atoms with Crippen molar-refractivity contribution in [2.75, 3.05) is 30.3 Å². The largest absolute Gasteiger partial charge is 0.408 e. The van der Waals surface area contributed by atoms with E-state index >= 15 is 0 Å². The fourth-order valence-corrected chi connectivity index (χ4v) is 3.70. The first-order valence-corrected chi connectivity index (χ1v) is 9.46. The van der Waals surface area contributed by atoms with Gasteiger partial charge < -0.3 is 20.7 Å². The summed E-state index contributed by atoms with van der Waals surface area (Å²) < 4.78 is 14.2. The summed E-state index contributed by atoms with van der Waals surface area (Å²) in [7, 11) is 0. The van der Waals surface area contributed by atoms with Crippen LogP contribution in [0.15, 0.2) is 18.2 Å². The van der Waals surface area contributed by atoms with Crippen molar-refractivity contribution in [1.29, 1.82) is 0 Å². The van der Waals surface area contributed by atoms with Crippen LogP contribution in [-0.4, -0.2) is 45.5 Å². The Morgan fingerprint density at radius 1 is 1.36 bits per heavy atom. The molecule has 0 amide bonds. The topological polar surface area (TPSA) is 101 Å². The third kappa shape index (κ3) is 4.26. The van der Waals surface area contributed by atoms with Gasteiger partial charge in [0.2, 0.25) is 5.82 Å². The van der Waals surface area contributed by atoms with Crippen molar-refractivity contribution in [2.24, 2.45) is 0 Å². The van der Waals surface area contributed by atoms with Crippen LogP contribution in [0.2, 0.25) is 10.2 Å². The first-order valence-electron chi connectivity index (χ1n) is 8.70. The molecule has 2 aromatic rings. The fourth-order valence-electron chi connectivity index (χ4n) is 3.30. The molecule has 1 fully saturated rings. The van der Waals surface area contributed by atoms with Crippen LogP contribution in [0.5, 0.6) is 0 Å². The molecule has 28 heavy (non-hydrogen) atoms. The van der Waals surface area contributed by atoms with Crippen LogP contribution in [0, 0.1) is 15.9 Å². The van der Waals surface area contributed by atoms with Crippen molar-refractivity contribution in [3.63, 3.8) is 0 Å². The molecule has 0 spiro atoms. The molecule has 8 nitrogen and oxygen atoms in total. The van der Waals surface area contributed by atoms with Crippen LogP contribution in [0.4, 0.5) is 21.8 Å². The normalized spacial score (nSPS) is 17.7. The molecule has 1 aromatic carbocycles. The van der Waals surface area contributed by atoms with E-state index in [0.717, 1.165) is 6.42 Å². The summed E-state index contributed by atoms with van der Waals surface area (Å²) in [6.07, 6.45) is 0.819. The Kier molecular flexibility index (Phi) is 6.17. The molecule has 1 unspecified atom stereocenters. The molecule has 150 valence electrons. The number of hydrogen-bond donors (Lipinski definition) is 1. The Hall–Kier alpha value is -2.23. The van der Waals surface area contributed by atoms with E-state index in [1.54, 1.807) is 12.1 Å². The van der Waals surface area contributed by atoms with Crippen LogP contribution < -0.4 is 10.6 Å². The average molecular weight is 429 g/mol. The SMILES string of the molecule is CCC1CN(c2nc(N)c([N+](=O)[O-])nc2Cl)CCN1Cc1ccc(Cl)cc1F. The van der Waals surface area contributed by atoms with Gasteiger partial charge in [-0.3, -0.25) is 4.90 Å². The zero-order valence-corrected chi connectivity index (χ0v) is 16.6. The van der Waals surface area contributed by atoms with Gasteiger partial charge in [-0.25, -0.2) is 9.37 Å². The van der Waals surface area contributed by atoms with E-state index in [2.05, 4.69) is 14.9 Å². The summed E-state index contributed by atoms with van der Waals surface area (Å²) in [6.45, 7) is 4.25. The number of hydrogen-bond acceptors (Lipinski definition) is 7. The number of nitrogens with two attached hydrogens (primary N) is 1. The maximum absolute atomic E-state index is 14.2. The van der Waals surface area contributed by atoms with E-state index in [4.69, 9.17) is 28.9 Å². The lowest BCUT2D eigenvalue weighted by Gasteiger charge is -2.41. The first kappa shape index (κ1) is 20.5. The third-order valence-electron chi connectivity index (χ3n) is 4.78. The summed E-state index contributed by atoms with van der Waals surface area (Å²) in [6, 6.07) is 4.78. The Morgan fingerprint density at radius 2 is 2.11 bits per heavy atom. The molecule has 11 heteroatoms. The van der Waals surface area contributed by atoms with Crippen LogP contribution >= 0.6 is 23.2 Å². The Labute approximate surface area is 171 Å². The van der Waals surface area contributed by atoms with Gasteiger partial charge in [0.25, 0.3) is 5.15 Å². The van der Waals surface area contributed by atoms with Crippen molar-refractivity contribution in [1.82, 2.24) is 14.9 Å². The molecule has 1 aromatic heterocycles. The summed E-state index contributed by atoms with van der Waals surface area (Å²) in [5.74, 6) is -0.844. The Bertz CT molecular complexity index is 900. The predicted molar refractivity (Wildman–Crippen MR) is 106 cm³/mol. The molecule has 2 N–H and O–H groups in total. The zero-order chi connectivity index (χ0) is 20.4. The summed E-state index contributed by atoms with van der Waals surface area (Å²) >= 11 is 11.9. The van der Waals surface area contributed by atoms with E-state index < -0.39 is 10.7 Å².